The molecule has 1 aromatic rings. The molecule has 0 radical (unpaired) electrons. The smallest absolute Gasteiger partial charge is 0.214 e. The summed E-state index contributed by atoms with van der Waals surface area (Å²) in [5.74, 6) is 0.516. The molecule has 1 aliphatic carbocycles. The average molecular weight is 240 g/mol. The molecule has 4 heteroatoms. The molecule has 16 heavy (non-hydrogen) atoms. The van der Waals surface area contributed by atoms with E-state index in [1.54, 1.807) is 12.1 Å². The fraction of sp³-hybridized carbons (Fsp3) is 0.500. The molecule has 3 nitrogen and oxygen atoms in total. The van der Waals surface area contributed by atoms with Crippen molar-refractivity contribution in [3.63, 3.8) is 0 Å². The monoisotopic (exact) mass is 239 g/mol. The molecule has 0 bridgehead atoms. The number of pyridine rings is 1. The van der Waals surface area contributed by atoms with Crippen LogP contribution in [0.3, 0.4) is 0 Å². The molecule has 0 amide bonds. The molecule has 1 aliphatic rings. The number of aromatic nitrogens is 1. The van der Waals surface area contributed by atoms with Crippen LogP contribution in [-0.4, -0.2) is 17.4 Å². The van der Waals surface area contributed by atoms with Crippen molar-refractivity contribution in [3.8, 4) is 5.88 Å². The van der Waals surface area contributed by atoms with Gasteiger partial charge in [-0.25, -0.2) is 4.98 Å². The van der Waals surface area contributed by atoms with Gasteiger partial charge < -0.3 is 4.74 Å². The molecular weight excluding hydrogens is 226 g/mol. The van der Waals surface area contributed by atoms with Gasteiger partial charge in [0.2, 0.25) is 5.88 Å². The molecule has 2 rings (SSSR count). The standard InChI is InChI=1S/C12H14ClNO2/c13-12-9(8-15)6-7-11(14-12)16-10-4-2-1-3-5-10/h6-8,10H,1-5H2. The number of rotatable bonds is 3. The van der Waals surface area contributed by atoms with Gasteiger partial charge in [0.1, 0.15) is 11.3 Å². The lowest BCUT2D eigenvalue weighted by Crippen LogP contribution is -2.20. The minimum absolute atomic E-state index is 0.211. The van der Waals surface area contributed by atoms with E-state index in [0.717, 1.165) is 12.8 Å². The average Bonchev–Trinajstić information content (AvgIpc) is 2.31. The van der Waals surface area contributed by atoms with Crippen molar-refractivity contribution in [2.24, 2.45) is 0 Å². The third kappa shape index (κ3) is 2.73. The first-order valence-corrected chi connectivity index (χ1v) is 5.96. The van der Waals surface area contributed by atoms with Crippen molar-refractivity contribution >= 4 is 17.9 Å². The highest BCUT2D eigenvalue weighted by atomic mass is 35.5. The zero-order valence-electron chi connectivity index (χ0n) is 8.99. The van der Waals surface area contributed by atoms with Crippen LogP contribution in [0, 0.1) is 0 Å². The Balaban J connectivity index is 2.03. The number of aldehydes is 1. The van der Waals surface area contributed by atoms with Crippen LogP contribution in [0.5, 0.6) is 5.88 Å². The Morgan fingerprint density at radius 1 is 1.31 bits per heavy atom. The number of carbonyl (C=O) groups is 1. The minimum atomic E-state index is 0.211. The quantitative estimate of drug-likeness (QED) is 0.600. The van der Waals surface area contributed by atoms with Crippen LogP contribution in [0.4, 0.5) is 0 Å². The van der Waals surface area contributed by atoms with Crippen LogP contribution in [0.1, 0.15) is 42.5 Å². The zero-order chi connectivity index (χ0) is 11.4. The Hall–Kier alpha value is -1.09. The second-order valence-corrected chi connectivity index (χ2v) is 4.38. The van der Waals surface area contributed by atoms with Crippen molar-refractivity contribution in [3.05, 3.63) is 22.8 Å². The second kappa shape index (κ2) is 5.30. The highest BCUT2D eigenvalue weighted by molar-refractivity contribution is 6.31. The van der Waals surface area contributed by atoms with Gasteiger partial charge >= 0.3 is 0 Å². The van der Waals surface area contributed by atoms with Crippen LogP contribution in [0.2, 0.25) is 5.15 Å². The van der Waals surface area contributed by atoms with E-state index in [9.17, 15) is 4.79 Å². The summed E-state index contributed by atoms with van der Waals surface area (Å²) in [4.78, 5) is 14.6. The van der Waals surface area contributed by atoms with Crippen LogP contribution in [-0.2, 0) is 0 Å². The first-order valence-electron chi connectivity index (χ1n) is 5.58. The molecule has 86 valence electrons. The maximum absolute atomic E-state index is 10.6. The molecule has 0 aromatic carbocycles. The lowest BCUT2D eigenvalue weighted by molar-refractivity contribution is 0.112. The van der Waals surface area contributed by atoms with Gasteiger partial charge in [0, 0.05) is 6.07 Å². The van der Waals surface area contributed by atoms with Gasteiger partial charge in [-0.15, -0.1) is 0 Å². The normalized spacial score (nSPS) is 17.1. The number of carbonyl (C=O) groups excluding carboxylic acids is 1. The van der Waals surface area contributed by atoms with Crippen LogP contribution < -0.4 is 4.74 Å². The Kier molecular flexibility index (Phi) is 3.78. The number of ether oxygens (including phenoxy) is 1. The van der Waals surface area contributed by atoms with Gasteiger partial charge in [-0.05, 0) is 31.7 Å². The summed E-state index contributed by atoms with van der Waals surface area (Å²) in [6.45, 7) is 0. The van der Waals surface area contributed by atoms with E-state index in [1.807, 2.05) is 0 Å². The molecule has 0 atom stereocenters. The predicted octanol–water partition coefficient (Wildman–Crippen LogP) is 3.26. The Bertz CT molecular complexity index is 375. The van der Waals surface area contributed by atoms with Crippen molar-refractivity contribution < 1.29 is 9.53 Å². The summed E-state index contributed by atoms with van der Waals surface area (Å²) in [6.07, 6.45) is 6.82. The van der Waals surface area contributed by atoms with Crippen molar-refractivity contribution in [1.82, 2.24) is 4.98 Å². The molecular formula is C12H14ClNO2. The molecule has 1 fully saturated rings. The summed E-state index contributed by atoms with van der Waals surface area (Å²) < 4.78 is 5.72. The number of hydrogen-bond acceptors (Lipinski definition) is 3. The SMILES string of the molecule is O=Cc1ccc(OC2CCCCC2)nc1Cl. The first kappa shape index (κ1) is 11.4. The van der Waals surface area contributed by atoms with Gasteiger partial charge in [-0.3, -0.25) is 4.79 Å². The Morgan fingerprint density at radius 2 is 2.06 bits per heavy atom. The molecule has 0 aliphatic heterocycles. The third-order valence-electron chi connectivity index (χ3n) is 2.82. The van der Waals surface area contributed by atoms with Gasteiger partial charge in [0.15, 0.2) is 6.29 Å². The summed E-state index contributed by atoms with van der Waals surface area (Å²) >= 11 is 5.82. The van der Waals surface area contributed by atoms with Gasteiger partial charge in [0.25, 0.3) is 0 Å². The fourth-order valence-electron chi connectivity index (χ4n) is 1.94. The molecule has 0 spiro atoms. The number of hydrogen-bond donors (Lipinski definition) is 0. The first-order chi connectivity index (χ1) is 7.79. The lowest BCUT2D eigenvalue weighted by Gasteiger charge is -2.22. The highest BCUT2D eigenvalue weighted by Gasteiger charge is 2.15. The van der Waals surface area contributed by atoms with Crippen molar-refractivity contribution in [2.75, 3.05) is 0 Å². The second-order valence-electron chi connectivity index (χ2n) is 4.03. The van der Waals surface area contributed by atoms with E-state index in [2.05, 4.69) is 4.98 Å². The molecule has 0 N–H and O–H groups in total. The lowest BCUT2D eigenvalue weighted by atomic mass is 9.98. The van der Waals surface area contributed by atoms with Crippen molar-refractivity contribution in [2.45, 2.75) is 38.2 Å². The molecule has 1 heterocycles. The minimum Gasteiger partial charge on any atom is -0.474 e. The fourth-order valence-corrected chi connectivity index (χ4v) is 2.13. The maximum Gasteiger partial charge on any atom is 0.214 e. The number of nitrogens with zero attached hydrogens (tertiary/aromatic N) is 1. The van der Waals surface area contributed by atoms with Gasteiger partial charge in [-0.1, -0.05) is 18.0 Å². The van der Waals surface area contributed by atoms with E-state index in [0.29, 0.717) is 17.7 Å². The van der Waals surface area contributed by atoms with Crippen LogP contribution in [0.15, 0.2) is 12.1 Å². The van der Waals surface area contributed by atoms with E-state index in [1.165, 1.54) is 19.3 Å². The third-order valence-corrected chi connectivity index (χ3v) is 3.12. The summed E-state index contributed by atoms with van der Waals surface area (Å²) in [6, 6.07) is 3.34. The van der Waals surface area contributed by atoms with E-state index in [-0.39, 0.29) is 11.3 Å². The zero-order valence-corrected chi connectivity index (χ0v) is 9.74. The van der Waals surface area contributed by atoms with Crippen LogP contribution >= 0.6 is 11.6 Å². The molecule has 0 saturated heterocycles. The van der Waals surface area contributed by atoms with Gasteiger partial charge in [0.05, 0.1) is 5.56 Å². The van der Waals surface area contributed by atoms with E-state index in [4.69, 9.17) is 16.3 Å². The topological polar surface area (TPSA) is 39.2 Å². The van der Waals surface area contributed by atoms with Crippen molar-refractivity contribution in [1.29, 1.82) is 0 Å². The maximum atomic E-state index is 10.6. The Labute approximate surface area is 99.8 Å². The summed E-state index contributed by atoms with van der Waals surface area (Å²) in [7, 11) is 0. The summed E-state index contributed by atoms with van der Waals surface area (Å²) in [5, 5.41) is 0.211. The summed E-state index contributed by atoms with van der Waals surface area (Å²) in [5.41, 5.74) is 0.401. The largest absolute Gasteiger partial charge is 0.474 e. The molecule has 1 saturated carbocycles. The Morgan fingerprint density at radius 3 is 2.69 bits per heavy atom. The predicted molar refractivity (Wildman–Crippen MR) is 62.1 cm³/mol. The number of halogens is 1. The van der Waals surface area contributed by atoms with Crippen LogP contribution in [0.25, 0.3) is 0 Å². The van der Waals surface area contributed by atoms with E-state index < -0.39 is 0 Å². The van der Waals surface area contributed by atoms with Gasteiger partial charge in [-0.2, -0.15) is 0 Å². The van der Waals surface area contributed by atoms with E-state index >= 15 is 0 Å². The molecule has 1 aromatic heterocycles. The highest BCUT2D eigenvalue weighted by Crippen LogP contribution is 2.23. The molecule has 0 unspecified atom stereocenters.